The van der Waals surface area contributed by atoms with Gasteiger partial charge in [-0.3, -0.25) is 0 Å². The minimum atomic E-state index is -5.45. The van der Waals surface area contributed by atoms with Crippen molar-refractivity contribution in [3.63, 3.8) is 0 Å². The summed E-state index contributed by atoms with van der Waals surface area (Å²) in [5, 5.41) is 10.8. The molecular formula is C30H28F9N5O4. The maximum Gasteiger partial charge on any atom is 0.573 e. The summed E-state index contributed by atoms with van der Waals surface area (Å²) in [6.07, 6.45) is -13.0. The number of para-hydroxylation sites is 1. The van der Waals surface area contributed by atoms with E-state index in [-0.39, 0.29) is 22.0 Å². The molecule has 0 aliphatic heterocycles. The molecule has 0 atom stereocenters. The van der Waals surface area contributed by atoms with Gasteiger partial charge in [0.05, 0.1) is 12.1 Å². The summed E-state index contributed by atoms with van der Waals surface area (Å²) in [5.74, 6) is -2.85. The van der Waals surface area contributed by atoms with Crippen molar-refractivity contribution in [2.45, 2.75) is 69.2 Å². The highest BCUT2D eigenvalue weighted by molar-refractivity contribution is 5.79. The maximum absolute atomic E-state index is 13.7. The molecule has 2 aromatic carbocycles. The quantitative estimate of drug-likeness (QED) is 0.207. The van der Waals surface area contributed by atoms with E-state index in [1.54, 1.807) is 7.05 Å². The number of aromatic nitrogens is 3. The Kier molecular flexibility index (Phi) is 9.07. The van der Waals surface area contributed by atoms with Crippen LogP contribution in [0.4, 0.5) is 44.3 Å². The van der Waals surface area contributed by atoms with Crippen LogP contribution in [0.3, 0.4) is 0 Å². The van der Waals surface area contributed by atoms with Crippen LogP contribution >= 0.6 is 0 Å². The highest BCUT2D eigenvalue weighted by Crippen LogP contribution is 2.58. The number of rotatable bonds is 7. The lowest BCUT2D eigenvalue weighted by atomic mass is 9.53. The number of ether oxygens (including phenoxy) is 1. The first kappa shape index (κ1) is 34.8. The first-order valence-electron chi connectivity index (χ1n) is 14.6. The number of urea groups is 1. The zero-order valence-electron chi connectivity index (χ0n) is 25.1. The van der Waals surface area contributed by atoms with E-state index >= 15 is 0 Å². The van der Waals surface area contributed by atoms with Crippen molar-refractivity contribution in [1.29, 1.82) is 0 Å². The summed E-state index contributed by atoms with van der Waals surface area (Å²) in [4.78, 5) is 29.3. The van der Waals surface area contributed by atoms with E-state index in [0.29, 0.717) is 44.3 Å². The number of fused-ring (bicyclic) bond motifs is 3. The average molecular weight is 694 g/mol. The molecular weight excluding hydrogens is 665 g/mol. The Morgan fingerprint density at radius 3 is 2.08 bits per heavy atom. The molecule has 0 spiro atoms. The summed E-state index contributed by atoms with van der Waals surface area (Å²) in [5.41, 5.74) is -2.60. The van der Waals surface area contributed by atoms with Crippen LogP contribution in [0.5, 0.6) is 5.75 Å². The molecule has 9 nitrogen and oxygen atoms in total. The molecule has 3 aliphatic rings. The fourth-order valence-corrected chi connectivity index (χ4v) is 6.52. The van der Waals surface area contributed by atoms with Gasteiger partial charge in [0.1, 0.15) is 11.6 Å². The lowest BCUT2D eigenvalue weighted by Gasteiger charge is -2.53. The largest absolute Gasteiger partial charge is 0.573 e. The van der Waals surface area contributed by atoms with Crippen LogP contribution in [0.2, 0.25) is 0 Å². The summed E-state index contributed by atoms with van der Waals surface area (Å²) in [6, 6.07) is 8.46. The molecule has 0 unspecified atom stereocenters. The van der Waals surface area contributed by atoms with Crippen molar-refractivity contribution in [2.75, 3.05) is 6.54 Å². The Labute approximate surface area is 267 Å². The third-order valence-corrected chi connectivity index (χ3v) is 8.98. The number of nitrogens with one attached hydrogen (secondary N) is 1. The summed E-state index contributed by atoms with van der Waals surface area (Å²) < 4.78 is 124. The van der Waals surface area contributed by atoms with E-state index in [2.05, 4.69) is 25.1 Å². The molecule has 0 radical (unpaired) electrons. The van der Waals surface area contributed by atoms with E-state index in [1.807, 2.05) is 0 Å². The molecule has 2 amide bonds. The van der Waals surface area contributed by atoms with Crippen molar-refractivity contribution in [3.8, 4) is 17.1 Å². The van der Waals surface area contributed by atoms with Gasteiger partial charge < -0.3 is 19.5 Å². The lowest BCUT2D eigenvalue weighted by molar-refractivity contribution is -0.274. The number of carbonyl (C=O) groups is 2. The fourth-order valence-electron chi connectivity index (χ4n) is 6.52. The average Bonchev–Trinajstić information content (AvgIpc) is 3.41. The van der Waals surface area contributed by atoms with Gasteiger partial charge in [0, 0.05) is 30.1 Å². The van der Waals surface area contributed by atoms with Gasteiger partial charge in [-0.1, -0.05) is 36.4 Å². The summed E-state index contributed by atoms with van der Waals surface area (Å²) in [7, 11) is 1.56. The molecule has 6 rings (SSSR count). The topological polar surface area (TPSA) is 98.6 Å². The second kappa shape index (κ2) is 12.5. The fraction of sp³-hybridized carbons (Fsp3) is 0.467. The maximum atomic E-state index is 13.7. The van der Waals surface area contributed by atoms with Gasteiger partial charge in [0.2, 0.25) is 0 Å². The number of alkyl halides is 9. The molecule has 2 bridgehead atoms. The zero-order chi connectivity index (χ0) is 35.1. The molecule has 3 aliphatic carbocycles. The number of nitrogens with zero attached hydrogens (tertiary/aromatic N) is 4. The first-order chi connectivity index (χ1) is 22.3. The summed E-state index contributed by atoms with van der Waals surface area (Å²) in [6.45, 7) is -1.06. The molecule has 48 heavy (non-hydrogen) atoms. The number of hydrogen-bond donors (Lipinski definition) is 1. The molecule has 3 saturated carbocycles. The Morgan fingerprint density at radius 1 is 0.875 bits per heavy atom. The van der Waals surface area contributed by atoms with Crippen molar-refractivity contribution >= 4 is 12.0 Å². The van der Waals surface area contributed by atoms with E-state index in [1.165, 1.54) is 41.0 Å². The third kappa shape index (κ3) is 7.31. The van der Waals surface area contributed by atoms with Crippen molar-refractivity contribution < 1.29 is 58.7 Å². The van der Waals surface area contributed by atoms with Crippen LogP contribution in [0.1, 0.15) is 55.5 Å². The normalized spacial score (nSPS) is 21.1. The van der Waals surface area contributed by atoms with Crippen molar-refractivity contribution in [2.24, 2.45) is 12.5 Å². The number of hydroxylamine groups is 2. The molecule has 3 aromatic rings. The smallest absolute Gasteiger partial charge is 0.405 e. The predicted octanol–water partition coefficient (Wildman–Crippen LogP) is 7.22. The Balaban J connectivity index is 1.33. The molecule has 1 aromatic heterocycles. The van der Waals surface area contributed by atoms with Gasteiger partial charge in [0.15, 0.2) is 5.82 Å². The highest BCUT2D eigenvalue weighted by Gasteiger charge is 2.53. The Bertz CT molecular complexity index is 1640. The van der Waals surface area contributed by atoms with Crippen molar-refractivity contribution in [1.82, 2.24) is 25.1 Å². The van der Waals surface area contributed by atoms with Gasteiger partial charge in [0.25, 0.3) is 0 Å². The van der Waals surface area contributed by atoms with Crippen LogP contribution in [0.15, 0.2) is 48.5 Å². The number of halogens is 9. The monoisotopic (exact) mass is 693 g/mol. The SMILES string of the molecule is Cn1c(-c2ccccc2C(F)(F)F)nnc1C12CCC(CN(OC(=O)C(F)(F)F)C(=O)NCc3ccccc3OC(F)(F)F)(CC1)CC2. The van der Waals surface area contributed by atoms with E-state index in [4.69, 9.17) is 0 Å². The van der Waals surface area contributed by atoms with Gasteiger partial charge >= 0.3 is 30.7 Å². The van der Waals surface area contributed by atoms with E-state index in [9.17, 15) is 49.1 Å². The van der Waals surface area contributed by atoms with Crippen LogP contribution in [-0.2, 0) is 34.8 Å². The van der Waals surface area contributed by atoms with Gasteiger partial charge in [-0.2, -0.15) is 31.4 Å². The lowest BCUT2D eigenvalue weighted by Crippen LogP contribution is -2.53. The second-order valence-electron chi connectivity index (χ2n) is 12.0. The van der Waals surface area contributed by atoms with E-state index in [0.717, 1.165) is 12.1 Å². The molecule has 260 valence electrons. The molecule has 1 heterocycles. The van der Waals surface area contributed by atoms with E-state index < -0.39 is 65.9 Å². The number of benzene rings is 2. The number of hydrogen-bond acceptors (Lipinski definition) is 6. The van der Waals surface area contributed by atoms with Crippen LogP contribution in [0, 0.1) is 5.41 Å². The minimum absolute atomic E-state index is 0.0128. The standard InChI is InChI=1S/C30H28F9N5O4/c1-43-22(19-7-3-4-8-20(19)28(31,32)33)41-42-23(43)27-13-10-26(11-14-27,12-15-27)17-44(48-24(45)29(34,35)36)25(46)40-16-18-6-2-5-9-21(18)47-30(37,38)39/h2-9H,10-17H2,1H3,(H,40,46). The number of amides is 2. The minimum Gasteiger partial charge on any atom is -0.405 e. The van der Waals surface area contributed by atoms with Crippen LogP contribution < -0.4 is 10.1 Å². The van der Waals surface area contributed by atoms with Gasteiger partial charge in [-0.25, -0.2) is 9.59 Å². The molecule has 0 saturated heterocycles. The van der Waals surface area contributed by atoms with Crippen molar-refractivity contribution in [3.05, 3.63) is 65.5 Å². The predicted molar refractivity (Wildman–Crippen MR) is 147 cm³/mol. The number of carbonyl (C=O) groups excluding carboxylic acids is 2. The zero-order valence-corrected chi connectivity index (χ0v) is 25.1. The second-order valence-corrected chi connectivity index (χ2v) is 12.0. The Morgan fingerprint density at radius 2 is 1.48 bits per heavy atom. The molecule has 3 fully saturated rings. The first-order valence-corrected chi connectivity index (χ1v) is 14.6. The van der Waals surface area contributed by atoms with Crippen LogP contribution in [-0.4, -0.2) is 50.9 Å². The third-order valence-electron chi connectivity index (χ3n) is 8.98. The van der Waals surface area contributed by atoms with Gasteiger partial charge in [-0.05, 0) is 56.1 Å². The highest BCUT2D eigenvalue weighted by atomic mass is 19.4. The molecule has 1 N–H and O–H groups in total. The summed E-state index contributed by atoms with van der Waals surface area (Å²) >= 11 is 0. The van der Waals surface area contributed by atoms with Gasteiger partial charge in [-0.15, -0.1) is 23.4 Å². The van der Waals surface area contributed by atoms with Crippen LogP contribution in [0.25, 0.3) is 11.4 Å². The Hall–Kier alpha value is -4.51. The molecule has 18 heteroatoms.